The molecule has 10 heteroatoms. The number of fused-ring (bicyclic) bond motifs is 1. The highest BCUT2D eigenvalue weighted by Crippen LogP contribution is 2.37. The lowest BCUT2D eigenvalue weighted by Crippen LogP contribution is -2.20. The first-order valence-electron chi connectivity index (χ1n) is 8.84. The van der Waals surface area contributed by atoms with Gasteiger partial charge in [0.15, 0.2) is 5.16 Å². The van der Waals surface area contributed by atoms with Gasteiger partial charge in [0, 0.05) is 4.88 Å². The molecule has 28 heavy (non-hydrogen) atoms. The number of hydrogen-bond donors (Lipinski definition) is 3. The number of amides is 2. The van der Waals surface area contributed by atoms with Crippen molar-refractivity contribution < 1.29 is 9.59 Å². The lowest BCUT2D eigenvalue weighted by molar-refractivity contribution is -0.113. The molecule has 0 radical (unpaired) electrons. The second-order valence-corrected chi connectivity index (χ2v) is 8.34. The molecule has 0 spiro atoms. The van der Waals surface area contributed by atoms with Crippen LogP contribution in [0.5, 0.6) is 0 Å². The molecule has 4 N–H and O–H groups in total. The summed E-state index contributed by atoms with van der Waals surface area (Å²) >= 11 is 2.46. The number of nitrogens with one attached hydrogen (secondary N) is 2. The van der Waals surface area contributed by atoms with E-state index in [0.29, 0.717) is 22.7 Å². The molecule has 0 aromatic carbocycles. The minimum absolute atomic E-state index is 0.00123. The van der Waals surface area contributed by atoms with Crippen molar-refractivity contribution in [2.45, 2.75) is 44.2 Å². The van der Waals surface area contributed by atoms with Crippen LogP contribution in [0.4, 0.5) is 5.00 Å². The van der Waals surface area contributed by atoms with E-state index in [-0.39, 0.29) is 22.4 Å². The van der Waals surface area contributed by atoms with E-state index in [1.165, 1.54) is 11.3 Å². The van der Waals surface area contributed by atoms with Gasteiger partial charge in [-0.2, -0.15) is 5.26 Å². The number of rotatable bonds is 6. The van der Waals surface area contributed by atoms with Gasteiger partial charge in [0.2, 0.25) is 5.91 Å². The molecule has 2 amide bonds. The Bertz CT molecular complexity index is 1040. The number of nitrogens with zero attached hydrogens (tertiary/aromatic N) is 2. The number of nitrogens with two attached hydrogens (primary N) is 1. The predicted octanol–water partition coefficient (Wildman–Crippen LogP) is 1.97. The number of carbonyl (C=O) groups is 2. The maximum atomic E-state index is 12.4. The third kappa shape index (κ3) is 4.10. The quantitative estimate of drug-likeness (QED) is 0.484. The average molecular weight is 418 g/mol. The SMILES string of the molecule is CCc1nc(SCC(=O)Nc2sc3c(c2C(N)=O)CCCC3)[nH]c(=O)c1C#N. The number of aryl methyl sites for hydroxylation is 2. The summed E-state index contributed by atoms with van der Waals surface area (Å²) in [5.74, 6) is -0.858. The molecule has 146 valence electrons. The second-order valence-electron chi connectivity index (χ2n) is 6.27. The van der Waals surface area contributed by atoms with Gasteiger partial charge in [0.05, 0.1) is 17.0 Å². The summed E-state index contributed by atoms with van der Waals surface area (Å²) in [5.41, 5.74) is 6.78. The Balaban J connectivity index is 1.73. The van der Waals surface area contributed by atoms with Crippen LogP contribution in [0, 0.1) is 11.3 Å². The molecule has 0 aliphatic heterocycles. The van der Waals surface area contributed by atoms with Gasteiger partial charge in [-0.1, -0.05) is 18.7 Å². The summed E-state index contributed by atoms with van der Waals surface area (Å²) in [6.45, 7) is 1.80. The average Bonchev–Trinajstić information content (AvgIpc) is 3.03. The van der Waals surface area contributed by atoms with Crippen LogP contribution in [-0.2, 0) is 24.1 Å². The standard InChI is InChI=1S/C18H19N5O3S2/c1-2-11-10(7-19)16(26)23-18(21-11)27-8-13(24)22-17-14(15(20)25)9-5-3-4-6-12(9)28-17/h2-6,8H2,1H3,(H2,20,25)(H,22,24)(H,21,23,26). The first-order chi connectivity index (χ1) is 13.4. The summed E-state index contributed by atoms with van der Waals surface area (Å²) in [6.07, 6.45) is 4.19. The molecule has 2 aromatic heterocycles. The number of aromatic amines is 1. The Kier molecular flexibility index (Phi) is 6.16. The highest BCUT2D eigenvalue weighted by Gasteiger charge is 2.25. The zero-order valence-corrected chi connectivity index (χ0v) is 16.9. The molecule has 3 rings (SSSR count). The predicted molar refractivity (Wildman–Crippen MR) is 108 cm³/mol. The van der Waals surface area contributed by atoms with Crippen LogP contribution in [0.15, 0.2) is 9.95 Å². The van der Waals surface area contributed by atoms with Crippen LogP contribution in [0.3, 0.4) is 0 Å². The van der Waals surface area contributed by atoms with Crippen molar-refractivity contribution in [1.29, 1.82) is 5.26 Å². The Morgan fingerprint density at radius 3 is 2.82 bits per heavy atom. The molecule has 0 saturated heterocycles. The number of nitriles is 1. The summed E-state index contributed by atoms with van der Waals surface area (Å²) in [6, 6.07) is 1.84. The van der Waals surface area contributed by atoms with Gasteiger partial charge in [0.1, 0.15) is 16.6 Å². The molecule has 2 aromatic rings. The number of aromatic nitrogens is 2. The van der Waals surface area contributed by atoms with E-state index in [1.54, 1.807) is 6.92 Å². The van der Waals surface area contributed by atoms with E-state index < -0.39 is 11.5 Å². The van der Waals surface area contributed by atoms with Gasteiger partial charge in [-0.25, -0.2) is 4.98 Å². The van der Waals surface area contributed by atoms with Gasteiger partial charge in [-0.3, -0.25) is 14.4 Å². The smallest absolute Gasteiger partial charge is 0.269 e. The van der Waals surface area contributed by atoms with Crippen molar-refractivity contribution in [2.75, 3.05) is 11.1 Å². The summed E-state index contributed by atoms with van der Waals surface area (Å²) < 4.78 is 0. The number of hydrogen-bond acceptors (Lipinski definition) is 7. The zero-order chi connectivity index (χ0) is 20.3. The first kappa shape index (κ1) is 20.1. The summed E-state index contributed by atoms with van der Waals surface area (Å²) in [4.78, 5) is 44.1. The second kappa shape index (κ2) is 8.58. The topological polar surface area (TPSA) is 142 Å². The number of thioether (sulfide) groups is 1. The fourth-order valence-electron chi connectivity index (χ4n) is 3.15. The van der Waals surface area contributed by atoms with Gasteiger partial charge < -0.3 is 16.0 Å². The van der Waals surface area contributed by atoms with E-state index in [4.69, 9.17) is 11.0 Å². The molecule has 0 fully saturated rings. The Morgan fingerprint density at radius 1 is 1.39 bits per heavy atom. The Morgan fingerprint density at radius 2 is 2.14 bits per heavy atom. The molecule has 1 aliphatic rings. The van der Waals surface area contributed by atoms with Gasteiger partial charge in [0.25, 0.3) is 11.5 Å². The van der Waals surface area contributed by atoms with Crippen molar-refractivity contribution in [3.63, 3.8) is 0 Å². The van der Waals surface area contributed by atoms with Crippen molar-refractivity contribution in [1.82, 2.24) is 9.97 Å². The minimum atomic E-state index is -0.534. The Hall–Kier alpha value is -2.64. The minimum Gasteiger partial charge on any atom is -0.365 e. The number of carbonyl (C=O) groups excluding carboxylic acids is 2. The largest absolute Gasteiger partial charge is 0.365 e. The van der Waals surface area contributed by atoms with Crippen molar-refractivity contribution in [2.24, 2.45) is 5.73 Å². The van der Waals surface area contributed by atoms with Crippen molar-refractivity contribution >= 4 is 39.9 Å². The van der Waals surface area contributed by atoms with E-state index in [0.717, 1.165) is 47.9 Å². The molecule has 0 bridgehead atoms. The maximum Gasteiger partial charge on any atom is 0.269 e. The zero-order valence-electron chi connectivity index (χ0n) is 15.3. The van der Waals surface area contributed by atoms with Crippen LogP contribution in [-0.4, -0.2) is 27.5 Å². The van der Waals surface area contributed by atoms with Crippen LogP contribution in [0.25, 0.3) is 0 Å². The monoisotopic (exact) mass is 417 g/mol. The number of primary amides is 1. The third-order valence-electron chi connectivity index (χ3n) is 4.43. The molecule has 1 aliphatic carbocycles. The molecular weight excluding hydrogens is 398 g/mol. The van der Waals surface area contributed by atoms with Gasteiger partial charge in [-0.15, -0.1) is 11.3 Å². The molecular formula is C18H19N5O3S2. The van der Waals surface area contributed by atoms with Gasteiger partial charge in [-0.05, 0) is 37.7 Å². The molecule has 0 unspecified atom stereocenters. The van der Waals surface area contributed by atoms with Crippen molar-refractivity contribution in [3.8, 4) is 6.07 Å². The molecule has 8 nitrogen and oxygen atoms in total. The molecule has 0 saturated carbocycles. The Labute approximate surface area is 169 Å². The third-order valence-corrected chi connectivity index (χ3v) is 6.51. The van der Waals surface area contributed by atoms with Crippen LogP contribution in [0.2, 0.25) is 0 Å². The summed E-state index contributed by atoms with van der Waals surface area (Å²) in [5, 5.41) is 12.6. The lowest BCUT2D eigenvalue weighted by Gasteiger charge is -2.11. The van der Waals surface area contributed by atoms with E-state index in [9.17, 15) is 14.4 Å². The molecule has 2 heterocycles. The van der Waals surface area contributed by atoms with E-state index in [2.05, 4.69) is 15.3 Å². The highest BCUT2D eigenvalue weighted by atomic mass is 32.2. The molecule has 0 atom stereocenters. The normalized spacial score (nSPS) is 12.9. The number of anilines is 1. The number of thiophene rings is 1. The van der Waals surface area contributed by atoms with E-state index in [1.807, 2.05) is 6.07 Å². The summed E-state index contributed by atoms with van der Waals surface area (Å²) in [7, 11) is 0. The first-order valence-corrected chi connectivity index (χ1v) is 10.6. The maximum absolute atomic E-state index is 12.4. The van der Waals surface area contributed by atoms with Gasteiger partial charge >= 0.3 is 0 Å². The van der Waals surface area contributed by atoms with Crippen molar-refractivity contribution in [3.05, 3.63) is 37.6 Å². The van der Waals surface area contributed by atoms with Crippen LogP contribution >= 0.6 is 23.1 Å². The van der Waals surface area contributed by atoms with Crippen LogP contribution in [0.1, 0.15) is 51.8 Å². The lowest BCUT2D eigenvalue weighted by atomic mass is 9.95. The highest BCUT2D eigenvalue weighted by molar-refractivity contribution is 7.99. The number of H-pyrrole nitrogens is 1. The fourth-order valence-corrected chi connectivity index (χ4v) is 5.14. The fraction of sp³-hybridized carbons (Fsp3) is 0.389. The van der Waals surface area contributed by atoms with E-state index >= 15 is 0 Å². The van der Waals surface area contributed by atoms with Crippen LogP contribution < -0.4 is 16.6 Å².